The van der Waals surface area contributed by atoms with Gasteiger partial charge in [0, 0.05) is 6.42 Å². The Balaban J connectivity index is 1.62. The van der Waals surface area contributed by atoms with Crippen molar-refractivity contribution >= 4 is 5.69 Å². The lowest BCUT2D eigenvalue weighted by molar-refractivity contribution is 0.210. The van der Waals surface area contributed by atoms with Crippen LogP contribution in [0.3, 0.4) is 0 Å². The third-order valence-electron chi connectivity index (χ3n) is 3.62. The van der Waals surface area contributed by atoms with Crippen LogP contribution in [0.25, 0.3) is 0 Å². The summed E-state index contributed by atoms with van der Waals surface area (Å²) in [6.45, 7) is 0. The van der Waals surface area contributed by atoms with Crippen molar-refractivity contribution in [2.45, 2.75) is 38.2 Å². The maximum absolute atomic E-state index is 5.95. The Morgan fingerprint density at radius 1 is 1.05 bits per heavy atom. The smallest absolute Gasteiger partial charge is 0.132 e. The average molecular weight is 269 g/mol. The molecule has 2 N–H and O–H groups in total. The molecule has 3 rings (SSSR count). The van der Waals surface area contributed by atoms with Gasteiger partial charge in [-0.15, -0.1) is 0 Å². The van der Waals surface area contributed by atoms with Crippen LogP contribution in [0.1, 0.15) is 37.1 Å². The molecule has 1 aromatic carbocycles. The standard InChI is InChI=1S/C16H19N3O/c17-13-10-18-16(19-11-13)9-12-5-7-15(8-6-12)20-14-3-1-2-4-14/h5-8,10-11,14H,1-4,9,17H2. The van der Waals surface area contributed by atoms with Crippen LogP contribution >= 0.6 is 0 Å². The van der Waals surface area contributed by atoms with Gasteiger partial charge in [0.1, 0.15) is 11.6 Å². The number of nitrogen functional groups attached to an aromatic ring is 1. The summed E-state index contributed by atoms with van der Waals surface area (Å²) in [5, 5.41) is 0. The summed E-state index contributed by atoms with van der Waals surface area (Å²) in [6.07, 6.45) is 9.33. The Morgan fingerprint density at radius 3 is 2.35 bits per heavy atom. The van der Waals surface area contributed by atoms with Crippen LogP contribution in [0, 0.1) is 0 Å². The van der Waals surface area contributed by atoms with Gasteiger partial charge in [0.15, 0.2) is 0 Å². The molecule has 0 aliphatic heterocycles. The molecule has 0 bridgehead atoms. The first kappa shape index (κ1) is 12.9. The summed E-state index contributed by atoms with van der Waals surface area (Å²) >= 11 is 0. The molecule has 2 aromatic rings. The predicted octanol–water partition coefficient (Wildman–Crippen LogP) is 2.97. The van der Waals surface area contributed by atoms with Crippen molar-refractivity contribution in [2.24, 2.45) is 0 Å². The Morgan fingerprint density at radius 2 is 1.70 bits per heavy atom. The van der Waals surface area contributed by atoms with E-state index in [1.807, 2.05) is 12.1 Å². The van der Waals surface area contributed by atoms with E-state index in [9.17, 15) is 0 Å². The molecule has 1 aliphatic carbocycles. The molecular formula is C16H19N3O. The van der Waals surface area contributed by atoms with Gasteiger partial charge in [0.25, 0.3) is 0 Å². The molecule has 104 valence electrons. The summed E-state index contributed by atoms with van der Waals surface area (Å²) in [7, 11) is 0. The van der Waals surface area contributed by atoms with Crippen LogP contribution < -0.4 is 10.5 Å². The first-order valence-corrected chi connectivity index (χ1v) is 7.11. The highest BCUT2D eigenvalue weighted by molar-refractivity contribution is 5.32. The highest BCUT2D eigenvalue weighted by Crippen LogP contribution is 2.24. The first-order valence-electron chi connectivity index (χ1n) is 7.11. The van der Waals surface area contributed by atoms with Crippen LogP contribution in [0.4, 0.5) is 5.69 Å². The number of aromatic nitrogens is 2. The van der Waals surface area contributed by atoms with E-state index >= 15 is 0 Å². The summed E-state index contributed by atoms with van der Waals surface area (Å²) < 4.78 is 5.95. The van der Waals surface area contributed by atoms with E-state index in [1.165, 1.54) is 31.2 Å². The van der Waals surface area contributed by atoms with Crippen molar-refractivity contribution in [1.82, 2.24) is 9.97 Å². The Hall–Kier alpha value is -2.10. The number of ether oxygens (including phenoxy) is 1. The molecule has 1 aromatic heterocycles. The third-order valence-corrected chi connectivity index (χ3v) is 3.62. The molecular weight excluding hydrogens is 250 g/mol. The van der Waals surface area contributed by atoms with Gasteiger partial charge in [-0.2, -0.15) is 0 Å². The zero-order valence-electron chi connectivity index (χ0n) is 11.5. The first-order chi connectivity index (χ1) is 9.79. The van der Waals surface area contributed by atoms with Crippen molar-refractivity contribution in [3.05, 3.63) is 48.0 Å². The van der Waals surface area contributed by atoms with Crippen LogP contribution in [-0.4, -0.2) is 16.1 Å². The number of hydrogen-bond donors (Lipinski definition) is 1. The Bertz CT molecular complexity index is 545. The second-order valence-electron chi connectivity index (χ2n) is 5.28. The quantitative estimate of drug-likeness (QED) is 0.927. The maximum atomic E-state index is 5.95. The van der Waals surface area contributed by atoms with Gasteiger partial charge < -0.3 is 10.5 Å². The zero-order valence-corrected chi connectivity index (χ0v) is 11.5. The number of anilines is 1. The van der Waals surface area contributed by atoms with Crippen LogP contribution in [0.15, 0.2) is 36.7 Å². The number of hydrogen-bond acceptors (Lipinski definition) is 4. The van der Waals surface area contributed by atoms with E-state index in [-0.39, 0.29) is 0 Å². The Labute approximate surface area is 119 Å². The molecule has 0 amide bonds. The lowest BCUT2D eigenvalue weighted by Crippen LogP contribution is -2.10. The Kier molecular flexibility index (Phi) is 3.81. The number of nitrogens with two attached hydrogens (primary N) is 1. The van der Waals surface area contributed by atoms with Gasteiger partial charge in [-0.3, -0.25) is 0 Å². The number of rotatable bonds is 4. The van der Waals surface area contributed by atoms with Gasteiger partial charge in [0.05, 0.1) is 24.2 Å². The fourth-order valence-electron chi connectivity index (χ4n) is 2.52. The highest BCUT2D eigenvalue weighted by atomic mass is 16.5. The molecule has 1 aliphatic rings. The lowest BCUT2D eigenvalue weighted by Gasteiger charge is -2.13. The van der Waals surface area contributed by atoms with E-state index in [4.69, 9.17) is 10.5 Å². The predicted molar refractivity (Wildman–Crippen MR) is 78.6 cm³/mol. The molecule has 0 atom stereocenters. The molecule has 20 heavy (non-hydrogen) atoms. The van der Waals surface area contributed by atoms with Crippen molar-refractivity contribution in [3.8, 4) is 5.75 Å². The SMILES string of the molecule is Nc1cnc(Cc2ccc(OC3CCCC3)cc2)nc1. The molecule has 0 saturated heterocycles. The van der Waals surface area contributed by atoms with Gasteiger partial charge in [-0.1, -0.05) is 12.1 Å². The minimum absolute atomic E-state index is 0.404. The second kappa shape index (κ2) is 5.90. The molecule has 4 heteroatoms. The topological polar surface area (TPSA) is 61.0 Å². The van der Waals surface area contributed by atoms with Crippen molar-refractivity contribution in [1.29, 1.82) is 0 Å². The fourth-order valence-corrected chi connectivity index (χ4v) is 2.52. The molecule has 1 saturated carbocycles. The molecule has 1 fully saturated rings. The largest absolute Gasteiger partial charge is 0.490 e. The van der Waals surface area contributed by atoms with Crippen LogP contribution in [-0.2, 0) is 6.42 Å². The van der Waals surface area contributed by atoms with Crippen molar-refractivity contribution in [2.75, 3.05) is 5.73 Å². The van der Waals surface area contributed by atoms with E-state index in [1.54, 1.807) is 12.4 Å². The molecule has 0 unspecified atom stereocenters. The number of benzene rings is 1. The summed E-state index contributed by atoms with van der Waals surface area (Å²) in [5.74, 6) is 1.74. The monoisotopic (exact) mass is 269 g/mol. The summed E-state index contributed by atoms with van der Waals surface area (Å²) in [4.78, 5) is 8.42. The lowest BCUT2D eigenvalue weighted by atomic mass is 10.1. The van der Waals surface area contributed by atoms with Crippen LogP contribution in [0.5, 0.6) is 5.75 Å². The normalized spacial score (nSPS) is 15.4. The maximum Gasteiger partial charge on any atom is 0.132 e. The fraction of sp³-hybridized carbons (Fsp3) is 0.375. The summed E-state index contributed by atoms with van der Waals surface area (Å²) in [6, 6.07) is 8.21. The van der Waals surface area contributed by atoms with E-state index in [0.29, 0.717) is 18.2 Å². The average Bonchev–Trinajstić information content (AvgIpc) is 2.96. The zero-order chi connectivity index (χ0) is 13.8. The van der Waals surface area contributed by atoms with Gasteiger partial charge in [0.2, 0.25) is 0 Å². The minimum atomic E-state index is 0.404. The third kappa shape index (κ3) is 3.26. The molecule has 0 spiro atoms. The van der Waals surface area contributed by atoms with E-state index < -0.39 is 0 Å². The minimum Gasteiger partial charge on any atom is -0.490 e. The van der Waals surface area contributed by atoms with Gasteiger partial charge in [-0.05, 0) is 43.4 Å². The highest BCUT2D eigenvalue weighted by Gasteiger charge is 2.16. The number of nitrogens with zero attached hydrogens (tertiary/aromatic N) is 2. The van der Waals surface area contributed by atoms with Gasteiger partial charge >= 0.3 is 0 Å². The molecule has 4 nitrogen and oxygen atoms in total. The molecule has 0 radical (unpaired) electrons. The molecule has 1 heterocycles. The van der Waals surface area contributed by atoms with E-state index in [2.05, 4.69) is 22.1 Å². The van der Waals surface area contributed by atoms with E-state index in [0.717, 1.165) is 11.6 Å². The van der Waals surface area contributed by atoms with Crippen molar-refractivity contribution in [3.63, 3.8) is 0 Å². The van der Waals surface area contributed by atoms with Crippen molar-refractivity contribution < 1.29 is 4.74 Å². The summed E-state index contributed by atoms with van der Waals surface area (Å²) in [5.41, 5.74) is 7.34. The van der Waals surface area contributed by atoms with Crippen LogP contribution in [0.2, 0.25) is 0 Å². The second-order valence-corrected chi connectivity index (χ2v) is 5.28. The van der Waals surface area contributed by atoms with Gasteiger partial charge in [-0.25, -0.2) is 9.97 Å².